The van der Waals surface area contributed by atoms with Crippen molar-refractivity contribution in [3.05, 3.63) is 56.6 Å². The van der Waals surface area contributed by atoms with E-state index < -0.39 is 14.8 Å². The number of hydrogen-bond donors (Lipinski definition) is 0. The van der Waals surface area contributed by atoms with E-state index in [4.69, 9.17) is 23.2 Å². The Hall–Kier alpha value is -1.28. The smallest absolute Gasteiger partial charge is 0.258 e. The third kappa shape index (κ3) is 4.17. The van der Waals surface area contributed by atoms with Gasteiger partial charge in [0, 0.05) is 16.0 Å². The fourth-order valence-electron chi connectivity index (χ4n) is 1.76. The second kappa shape index (κ2) is 7.09. The first kappa shape index (κ1) is 18.1. The van der Waals surface area contributed by atoms with Crippen LogP contribution in [0.3, 0.4) is 0 Å². The van der Waals surface area contributed by atoms with Gasteiger partial charge >= 0.3 is 0 Å². The van der Waals surface area contributed by atoms with Crippen LogP contribution in [0.4, 0.5) is 5.69 Å². The van der Waals surface area contributed by atoms with Gasteiger partial charge in [-0.2, -0.15) is 0 Å². The van der Waals surface area contributed by atoms with Gasteiger partial charge in [-0.15, -0.1) is 0 Å². The van der Waals surface area contributed by atoms with Gasteiger partial charge in [0.15, 0.2) is 9.84 Å². The maximum Gasteiger partial charge on any atom is 0.283 e. The zero-order valence-corrected chi connectivity index (χ0v) is 15.0. The van der Waals surface area contributed by atoms with Crippen molar-refractivity contribution < 1.29 is 13.3 Å². The molecule has 0 spiro atoms. The van der Waals surface area contributed by atoms with E-state index in [9.17, 15) is 18.5 Å². The molecule has 122 valence electrons. The van der Waals surface area contributed by atoms with Crippen molar-refractivity contribution in [2.75, 3.05) is 5.75 Å². The highest BCUT2D eigenvalue weighted by Crippen LogP contribution is 2.40. The summed E-state index contributed by atoms with van der Waals surface area (Å²) in [7, 11) is -3.36. The number of benzene rings is 2. The van der Waals surface area contributed by atoms with E-state index >= 15 is 0 Å². The first-order valence-electron chi connectivity index (χ1n) is 6.38. The van der Waals surface area contributed by atoms with Gasteiger partial charge in [-0.25, -0.2) is 8.42 Å². The Balaban J connectivity index is 2.42. The van der Waals surface area contributed by atoms with Crippen molar-refractivity contribution in [1.29, 1.82) is 0 Å². The molecule has 2 rings (SSSR count). The topological polar surface area (TPSA) is 77.3 Å². The molecule has 0 N–H and O–H groups in total. The Morgan fingerprint density at radius 1 is 1.13 bits per heavy atom. The molecule has 0 saturated heterocycles. The molecular formula is C14H11Cl2NO4S2. The van der Waals surface area contributed by atoms with Gasteiger partial charge in [0.1, 0.15) is 0 Å². The van der Waals surface area contributed by atoms with E-state index in [0.29, 0.717) is 14.8 Å². The Morgan fingerprint density at radius 3 is 2.39 bits per heavy atom. The van der Waals surface area contributed by atoms with E-state index in [1.807, 2.05) is 0 Å². The fourth-order valence-corrected chi connectivity index (χ4v) is 4.23. The summed E-state index contributed by atoms with van der Waals surface area (Å²) in [5, 5.41) is 11.6. The third-order valence-corrected chi connectivity index (χ3v) is 6.50. The largest absolute Gasteiger partial charge is 0.283 e. The van der Waals surface area contributed by atoms with Crippen LogP contribution in [0.1, 0.15) is 6.92 Å². The molecule has 0 aliphatic heterocycles. The minimum Gasteiger partial charge on any atom is -0.258 e. The summed E-state index contributed by atoms with van der Waals surface area (Å²) < 4.78 is 23.7. The van der Waals surface area contributed by atoms with Crippen LogP contribution < -0.4 is 0 Å². The second-order valence-corrected chi connectivity index (χ2v) is 8.67. The average molecular weight is 392 g/mol. The normalized spacial score (nSPS) is 11.4. The van der Waals surface area contributed by atoms with Crippen LogP contribution in [0, 0.1) is 10.1 Å². The molecule has 0 unspecified atom stereocenters. The fraction of sp³-hybridized carbons (Fsp3) is 0.143. The number of rotatable bonds is 5. The van der Waals surface area contributed by atoms with Gasteiger partial charge in [-0.05, 0) is 30.3 Å². The molecule has 0 aliphatic carbocycles. The van der Waals surface area contributed by atoms with Crippen molar-refractivity contribution in [3.8, 4) is 0 Å². The molecule has 0 aliphatic rings. The lowest BCUT2D eigenvalue weighted by molar-refractivity contribution is -0.387. The maximum atomic E-state index is 11.8. The van der Waals surface area contributed by atoms with Crippen LogP contribution in [0.5, 0.6) is 0 Å². The van der Waals surface area contributed by atoms with Gasteiger partial charge in [-0.1, -0.05) is 41.9 Å². The van der Waals surface area contributed by atoms with Gasteiger partial charge in [0.25, 0.3) is 5.69 Å². The van der Waals surface area contributed by atoms with Crippen LogP contribution in [0.15, 0.2) is 51.1 Å². The summed E-state index contributed by atoms with van der Waals surface area (Å²) in [6.45, 7) is 1.54. The molecule has 0 fully saturated rings. The summed E-state index contributed by atoms with van der Waals surface area (Å²) in [6, 6.07) is 8.52. The average Bonchev–Trinajstić information content (AvgIpc) is 2.49. The van der Waals surface area contributed by atoms with Gasteiger partial charge < -0.3 is 0 Å². The molecule has 0 saturated carbocycles. The van der Waals surface area contributed by atoms with Crippen molar-refractivity contribution in [3.63, 3.8) is 0 Å². The molecule has 0 atom stereocenters. The lowest BCUT2D eigenvalue weighted by Gasteiger charge is -2.08. The van der Waals surface area contributed by atoms with Crippen molar-refractivity contribution in [2.24, 2.45) is 0 Å². The molecule has 0 bridgehead atoms. The molecule has 0 amide bonds. The highest BCUT2D eigenvalue weighted by atomic mass is 35.5. The summed E-state index contributed by atoms with van der Waals surface area (Å²) in [5.41, 5.74) is -0.0966. The molecular weight excluding hydrogens is 381 g/mol. The SMILES string of the molecule is CCS(=O)(=O)c1ccc(Sc2cc(Cl)ccc2[N+](=O)[O-])c(Cl)c1. The van der Waals surface area contributed by atoms with E-state index in [0.717, 1.165) is 11.8 Å². The number of halogens is 2. The minimum atomic E-state index is -3.36. The number of nitro benzene ring substituents is 1. The second-order valence-electron chi connectivity index (χ2n) is 4.47. The first-order valence-corrected chi connectivity index (χ1v) is 9.61. The van der Waals surface area contributed by atoms with Crippen molar-refractivity contribution in [2.45, 2.75) is 21.6 Å². The van der Waals surface area contributed by atoms with Crippen LogP contribution in [-0.2, 0) is 9.84 Å². The van der Waals surface area contributed by atoms with E-state index in [1.54, 1.807) is 6.92 Å². The highest BCUT2D eigenvalue weighted by Gasteiger charge is 2.18. The summed E-state index contributed by atoms with van der Waals surface area (Å²) in [6.07, 6.45) is 0. The lowest BCUT2D eigenvalue weighted by atomic mass is 10.3. The minimum absolute atomic E-state index is 0.0322. The highest BCUT2D eigenvalue weighted by molar-refractivity contribution is 7.99. The Labute approximate surface area is 147 Å². The molecule has 5 nitrogen and oxygen atoms in total. The predicted molar refractivity (Wildman–Crippen MR) is 91.4 cm³/mol. The molecule has 0 heterocycles. The summed E-state index contributed by atoms with van der Waals surface area (Å²) >= 11 is 13.1. The predicted octanol–water partition coefficient (Wildman–Crippen LogP) is 4.85. The third-order valence-electron chi connectivity index (χ3n) is 2.98. The number of nitrogens with zero attached hydrogens (tertiary/aromatic N) is 1. The van der Waals surface area contributed by atoms with Crippen LogP contribution in [0.25, 0.3) is 0 Å². The monoisotopic (exact) mass is 391 g/mol. The van der Waals surface area contributed by atoms with E-state index in [-0.39, 0.29) is 21.4 Å². The quantitative estimate of drug-likeness (QED) is 0.537. The van der Waals surface area contributed by atoms with Gasteiger partial charge in [0.05, 0.1) is 25.5 Å². The molecule has 0 aromatic heterocycles. The van der Waals surface area contributed by atoms with Crippen LogP contribution in [-0.4, -0.2) is 19.1 Å². The Kier molecular flexibility index (Phi) is 5.57. The summed E-state index contributed by atoms with van der Waals surface area (Å²) in [5.74, 6) is -0.0322. The molecule has 23 heavy (non-hydrogen) atoms. The molecule has 2 aromatic rings. The Bertz CT molecular complexity index is 869. The van der Waals surface area contributed by atoms with E-state index in [1.165, 1.54) is 36.4 Å². The van der Waals surface area contributed by atoms with Crippen molar-refractivity contribution >= 4 is 50.5 Å². The number of hydrogen-bond acceptors (Lipinski definition) is 5. The molecule has 0 radical (unpaired) electrons. The van der Waals surface area contributed by atoms with Crippen LogP contribution in [0.2, 0.25) is 10.0 Å². The maximum absolute atomic E-state index is 11.8. The van der Waals surface area contributed by atoms with E-state index in [2.05, 4.69) is 0 Å². The first-order chi connectivity index (χ1) is 10.7. The number of sulfone groups is 1. The van der Waals surface area contributed by atoms with Gasteiger partial charge in [0.2, 0.25) is 0 Å². The zero-order valence-electron chi connectivity index (χ0n) is 11.8. The van der Waals surface area contributed by atoms with Crippen LogP contribution >= 0.6 is 35.0 Å². The summed E-state index contributed by atoms with van der Waals surface area (Å²) in [4.78, 5) is 11.5. The number of nitro groups is 1. The van der Waals surface area contributed by atoms with Gasteiger partial charge in [-0.3, -0.25) is 10.1 Å². The standard InChI is InChI=1S/C14H11Cl2NO4S2/c1-2-23(20,21)10-4-6-13(11(16)8-10)22-14-7-9(15)3-5-12(14)17(18)19/h3-8H,2H2,1H3. The lowest BCUT2D eigenvalue weighted by Crippen LogP contribution is -2.03. The molecule has 9 heteroatoms. The Morgan fingerprint density at radius 2 is 1.83 bits per heavy atom. The molecule has 2 aromatic carbocycles. The zero-order chi connectivity index (χ0) is 17.2. The van der Waals surface area contributed by atoms with Crippen molar-refractivity contribution in [1.82, 2.24) is 0 Å².